The molecule has 0 unspecified atom stereocenters. The van der Waals surface area contributed by atoms with E-state index in [9.17, 15) is 9.59 Å². The second kappa shape index (κ2) is 6.17. The number of benzene rings is 1. The predicted octanol–water partition coefficient (Wildman–Crippen LogP) is 4.75. The molecule has 1 aromatic heterocycles. The summed E-state index contributed by atoms with van der Waals surface area (Å²) in [6.07, 6.45) is 1.77. The van der Waals surface area contributed by atoms with Crippen LogP contribution in [0.3, 0.4) is 0 Å². The van der Waals surface area contributed by atoms with Crippen LogP contribution in [-0.4, -0.2) is 16.0 Å². The minimum atomic E-state index is -0.230. The SMILES string of the molecule is O=C1S/C(=C\c2ccsc2)C(=O)N1Cc1ccccc1Br. The Morgan fingerprint density at radius 1 is 1.19 bits per heavy atom. The number of rotatable bonds is 3. The summed E-state index contributed by atoms with van der Waals surface area (Å²) in [4.78, 5) is 26.2. The van der Waals surface area contributed by atoms with Gasteiger partial charge in [0.15, 0.2) is 0 Å². The lowest BCUT2D eigenvalue weighted by molar-refractivity contribution is -0.123. The summed E-state index contributed by atoms with van der Waals surface area (Å²) in [7, 11) is 0. The summed E-state index contributed by atoms with van der Waals surface area (Å²) in [5.41, 5.74) is 1.86. The van der Waals surface area contributed by atoms with Gasteiger partial charge in [0.2, 0.25) is 0 Å². The zero-order valence-electron chi connectivity index (χ0n) is 10.8. The van der Waals surface area contributed by atoms with Crippen LogP contribution in [0, 0.1) is 0 Å². The molecule has 21 heavy (non-hydrogen) atoms. The van der Waals surface area contributed by atoms with Crippen molar-refractivity contribution in [1.29, 1.82) is 0 Å². The molecule has 0 N–H and O–H groups in total. The van der Waals surface area contributed by atoms with Gasteiger partial charge in [-0.15, -0.1) is 0 Å². The lowest BCUT2D eigenvalue weighted by atomic mass is 10.2. The third-order valence-corrected chi connectivity index (χ3v) is 5.38. The Morgan fingerprint density at radius 3 is 2.71 bits per heavy atom. The number of amides is 2. The van der Waals surface area contributed by atoms with Crippen LogP contribution in [0.15, 0.2) is 50.5 Å². The highest BCUT2D eigenvalue weighted by Gasteiger charge is 2.35. The third kappa shape index (κ3) is 3.12. The van der Waals surface area contributed by atoms with Gasteiger partial charge in [0.05, 0.1) is 11.4 Å². The van der Waals surface area contributed by atoms with Gasteiger partial charge in [-0.2, -0.15) is 11.3 Å². The molecule has 0 spiro atoms. The van der Waals surface area contributed by atoms with Gasteiger partial charge >= 0.3 is 0 Å². The van der Waals surface area contributed by atoms with Gasteiger partial charge in [-0.3, -0.25) is 14.5 Å². The van der Waals surface area contributed by atoms with Crippen molar-refractivity contribution < 1.29 is 9.59 Å². The normalized spacial score (nSPS) is 17.0. The summed E-state index contributed by atoms with van der Waals surface area (Å²) >= 11 is 5.99. The first-order chi connectivity index (χ1) is 10.1. The van der Waals surface area contributed by atoms with Crippen molar-refractivity contribution in [2.45, 2.75) is 6.54 Å². The van der Waals surface area contributed by atoms with Gasteiger partial charge in [0, 0.05) is 4.47 Å². The Hall–Kier alpha value is -1.37. The van der Waals surface area contributed by atoms with E-state index in [4.69, 9.17) is 0 Å². The lowest BCUT2D eigenvalue weighted by Crippen LogP contribution is -2.27. The summed E-state index contributed by atoms with van der Waals surface area (Å²) in [6, 6.07) is 9.51. The molecule has 0 aliphatic carbocycles. The van der Waals surface area contributed by atoms with Crippen molar-refractivity contribution in [3.05, 3.63) is 61.6 Å². The Morgan fingerprint density at radius 2 is 2.00 bits per heavy atom. The molecule has 1 saturated heterocycles. The molecule has 0 radical (unpaired) electrons. The van der Waals surface area contributed by atoms with Gasteiger partial charge in [-0.1, -0.05) is 34.1 Å². The standard InChI is InChI=1S/C15H10BrNO2S2/c16-12-4-2-1-3-11(12)8-17-14(18)13(21-15(17)19)7-10-5-6-20-9-10/h1-7,9H,8H2/b13-7-. The molecular formula is C15H10BrNO2S2. The molecule has 2 aromatic rings. The molecule has 106 valence electrons. The highest BCUT2D eigenvalue weighted by molar-refractivity contribution is 9.10. The number of imide groups is 1. The Labute approximate surface area is 138 Å². The topological polar surface area (TPSA) is 37.4 Å². The quantitative estimate of drug-likeness (QED) is 0.722. The number of thiophene rings is 1. The van der Waals surface area contributed by atoms with E-state index in [2.05, 4.69) is 15.9 Å². The van der Waals surface area contributed by atoms with Crippen molar-refractivity contribution >= 4 is 56.3 Å². The Balaban J connectivity index is 1.83. The van der Waals surface area contributed by atoms with E-state index in [1.54, 1.807) is 17.4 Å². The number of hydrogen-bond acceptors (Lipinski definition) is 4. The van der Waals surface area contributed by atoms with Crippen LogP contribution in [-0.2, 0) is 11.3 Å². The Bertz CT molecular complexity index is 725. The van der Waals surface area contributed by atoms with Gasteiger partial charge < -0.3 is 0 Å². The van der Waals surface area contributed by atoms with Crippen LogP contribution in [0.5, 0.6) is 0 Å². The van der Waals surface area contributed by atoms with Crippen LogP contribution < -0.4 is 0 Å². The molecule has 3 nitrogen and oxygen atoms in total. The molecule has 1 aromatic carbocycles. The summed E-state index contributed by atoms with van der Waals surface area (Å²) in [6.45, 7) is 0.285. The minimum Gasteiger partial charge on any atom is -0.268 e. The summed E-state index contributed by atoms with van der Waals surface area (Å²) < 4.78 is 0.894. The molecule has 1 fully saturated rings. The van der Waals surface area contributed by atoms with Crippen molar-refractivity contribution in [2.75, 3.05) is 0 Å². The molecule has 1 aliphatic rings. The average molecular weight is 380 g/mol. The molecule has 0 bridgehead atoms. The third-order valence-electron chi connectivity index (χ3n) is 3.00. The predicted molar refractivity (Wildman–Crippen MR) is 90.0 cm³/mol. The van der Waals surface area contributed by atoms with E-state index < -0.39 is 0 Å². The number of thioether (sulfide) groups is 1. The molecule has 6 heteroatoms. The maximum absolute atomic E-state index is 12.4. The van der Waals surface area contributed by atoms with E-state index in [-0.39, 0.29) is 17.7 Å². The molecule has 3 rings (SSSR count). The van der Waals surface area contributed by atoms with Crippen LogP contribution >= 0.6 is 39.0 Å². The largest absolute Gasteiger partial charge is 0.293 e. The van der Waals surface area contributed by atoms with Crippen LogP contribution in [0.2, 0.25) is 0 Å². The Kier molecular flexibility index (Phi) is 4.28. The van der Waals surface area contributed by atoms with E-state index in [1.165, 1.54) is 4.90 Å². The first-order valence-electron chi connectivity index (χ1n) is 6.16. The summed E-state index contributed by atoms with van der Waals surface area (Å²) in [5.74, 6) is -0.230. The monoisotopic (exact) mass is 379 g/mol. The lowest BCUT2D eigenvalue weighted by Gasteiger charge is -2.13. The second-order valence-electron chi connectivity index (χ2n) is 4.42. The number of hydrogen-bond donors (Lipinski definition) is 0. The molecular weight excluding hydrogens is 370 g/mol. The highest BCUT2D eigenvalue weighted by Crippen LogP contribution is 2.34. The van der Waals surface area contributed by atoms with Crippen molar-refractivity contribution in [3.8, 4) is 0 Å². The van der Waals surface area contributed by atoms with Crippen LogP contribution in [0.4, 0.5) is 4.79 Å². The number of halogens is 1. The van der Waals surface area contributed by atoms with Gasteiger partial charge in [-0.05, 0) is 51.9 Å². The van der Waals surface area contributed by atoms with Crippen molar-refractivity contribution in [1.82, 2.24) is 4.90 Å². The first-order valence-corrected chi connectivity index (χ1v) is 8.71. The van der Waals surface area contributed by atoms with E-state index in [1.807, 2.05) is 41.1 Å². The fraction of sp³-hybridized carbons (Fsp3) is 0.0667. The van der Waals surface area contributed by atoms with E-state index in [0.717, 1.165) is 27.4 Å². The number of carbonyl (C=O) groups excluding carboxylic acids is 2. The van der Waals surface area contributed by atoms with E-state index in [0.29, 0.717) is 4.91 Å². The van der Waals surface area contributed by atoms with Crippen molar-refractivity contribution in [2.24, 2.45) is 0 Å². The second-order valence-corrected chi connectivity index (χ2v) is 7.04. The number of nitrogens with zero attached hydrogens (tertiary/aromatic N) is 1. The summed E-state index contributed by atoms with van der Waals surface area (Å²) in [5, 5.41) is 3.66. The molecule has 1 aliphatic heterocycles. The van der Waals surface area contributed by atoms with E-state index >= 15 is 0 Å². The van der Waals surface area contributed by atoms with Gasteiger partial charge in [-0.25, -0.2) is 0 Å². The molecule has 0 atom stereocenters. The smallest absolute Gasteiger partial charge is 0.268 e. The zero-order valence-corrected chi connectivity index (χ0v) is 14.0. The fourth-order valence-corrected chi connectivity index (χ4v) is 3.81. The maximum Gasteiger partial charge on any atom is 0.293 e. The van der Waals surface area contributed by atoms with Crippen molar-refractivity contribution in [3.63, 3.8) is 0 Å². The fourth-order valence-electron chi connectivity index (χ4n) is 1.94. The highest BCUT2D eigenvalue weighted by atomic mass is 79.9. The van der Waals surface area contributed by atoms with Gasteiger partial charge in [0.25, 0.3) is 11.1 Å². The maximum atomic E-state index is 12.4. The van der Waals surface area contributed by atoms with Gasteiger partial charge in [0.1, 0.15) is 0 Å². The zero-order chi connectivity index (χ0) is 14.8. The van der Waals surface area contributed by atoms with Crippen LogP contribution in [0.1, 0.15) is 11.1 Å². The molecule has 0 saturated carbocycles. The average Bonchev–Trinajstić information content (AvgIpc) is 3.05. The number of carbonyl (C=O) groups is 2. The molecule has 2 heterocycles. The molecule has 2 amide bonds. The minimum absolute atomic E-state index is 0.225. The van der Waals surface area contributed by atoms with Crippen LogP contribution in [0.25, 0.3) is 6.08 Å². The first kappa shape index (κ1) is 14.6.